The summed E-state index contributed by atoms with van der Waals surface area (Å²) < 4.78 is 0. The van der Waals surface area contributed by atoms with Gasteiger partial charge in [-0.3, -0.25) is 4.79 Å². The maximum Gasteiger partial charge on any atom is 0.253 e. The zero-order chi connectivity index (χ0) is 15.2. The van der Waals surface area contributed by atoms with Gasteiger partial charge in [-0.15, -0.1) is 0 Å². The summed E-state index contributed by atoms with van der Waals surface area (Å²) in [4.78, 5) is 13.5. The van der Waals surface area contributed by atoms with Crippen molar-refractivity contribution in [3.8, 4) is 0 Å². The van der Waals surface area contributed by atoms with E-state index >= 15 is 0 Å². The maximum absolute atomic E-state index is 12.0. The highest BCUT2D eigenvalue weighted by Crippen LogP contribution is 2.23. The Kier molecular flexibility index (Phi) is 5.23. The summed E-state index contributed by atoms with van der Waals surface area (Å²) in [5, 5.41) is 3.92. The average Bonchev–Trinajstić information content (AvgIpc) is 2.49. The molecule has 1 N–H and O–H groups in total. The standard InChI is InChI=1S/C17H19ClN2O/c1-20(2)17(21)14-8-9-15(18)16(12-14)19-11-10-13-6-4-3-5-7-13/h3-9,12,19H,10-11H2,1-2H3. The van der Waals surface area contributed by atoms with E-state index in [1.54, 1.807) is 37.2 Å². The van der Waals surface area contributed by atoms with E-state index in [4.69, 9.17) is 11.6 Å². The summed E-state index contributed by atoms with van der Waals surface area (Å²) in [5.41, 5.74) is 2.69. The van der Waals surface area contributed by atoms with Gasteiger partial charge in [0.15, 0.2) is 0 Å². The number of anilines is 1. The molecule has 0 aliphatic rings. The van der Waals surface area contributed by atoms with Crippen LogP contribution in [-0.4, -0.2) is 31.4 Å². The topological polar surface area (TPSA) is 32.3 Å². The number of hydrogen-bond acceptors (Lipinski definition) is 2. The lowest BCUT2D eigenvalue weighted by atomic mass is 10.1. The molecule has 0 atom stereocenters. The first-order chi connectivity index (χ1) is 10.1. The van der Waals surface area contributed by atoms with Crippen molar-refractivity contribution in [1.82, 2.24) is 4.90 Å². The Labute approximate surface area is 130 Å². The number of carbonyl (C=O) groups is 1. The van der Waals surface area contributed by atoms with Gasteiger partial charge in [-0.25, -0.2) is 0 Å². The quantitative estimate of drug-likeness (QED) is 0.913. The fourth-order valence-corrected chi connectivity index (χ4v) is 2.22. The number of carbonyl (C=O) groups excluding carboxylic acids is 1. The molecule has 2 aromatic carbocycles. The highest BCUT2D eigenvalue weighted by molar-refractivity contribution is 6.33. The van der Waals surface area contributed by atoms with E-state index in [1.807, 2.05) is 18.2 Å². The molecule has 0 aliphatic carbocycles. The van der Waals surface area contributed by atoms with Gasteiger partial charge < -0.3 is 10.2 Å². The molecule has 21 heavy (non-hydrogen) atoms. The molecule has 0 spiro atoms. The molecule has 0 radical (unpaired) electrons. The summed E-state index contributed by atoms with van der Waals surface area (Å²) in [6, 6.07) is 15.5. The van der Waals surface area contributed by atoms with Crippen LogP contribution in [0.1, 0.15) is 15.9 Å². The zero-order valence-electron chi connectivity index (χ0n) is 12.3. The Morgan fingerprint density at radius 3 is 2.52 bits per heavy atom. The number of hydrogen-bond donors (Lipinski definition) is 1. The van der Waals surface area contributed by atoms with Crippen molar-refractivity contribution in [2.45, 2.75) is 6.42 Å². The highest BCUT2D eigenvalue weighted by atomic mass is 35.5. The van der Waals surface area contributed by atoms with Crippen LogP contribution in [-0.2, 0) is 6.42 Å². The SMILES string of the molecule is CN(C)C(=O)c1ccc(Cl)c(NCCc2ccccc2)c1. The van der Waals surface area contributed by atoms with E-state index in [-0.39, 0.29) is 5.91 Å². The minimum absolute atomic E-state index is 0.0298. The van der Waals surface area contributed by atoms with Gasteiger partial charge >= 0.3 is 0 Å². The van der Waals surface area contributed by atoms with Crippen LogP contribution in [0, 0.1) is 0 Å². The van der Waals surface area contributed by atoms with Crippen LogP contribution < -0.4 is 5.32 Å². The molecule has 0 unspecified atom stereocenters. The Balaban J connectivity index is 2.02. The van der Waals surface area contributed by atoms with Gasteiger partial charge in [-0.2, -0.15) is 0 Å². The monoisotopic (exact) mass is 302 g/mol. The Bertz CT molecular complexity index is 611. The fraction of sp³-hybridized carbons (Fsp3) is 0.235. The molecule has 1 amide bonds. The minimum Gasteiger partial charge on any atom is -0.383 e. The van der Waals surface area contributed by atoms with E-state index in [0.717, 1.165) is 18.7 Å². The summed E-state index contributed by atoms with van der Waals surface area (Å²) in [5.74, 6) is -0.0298. The lowest BCUT2D eigenvalue weighted by molar-refractivity contribution is 0.0827. The summed E-state index contributed by atoms with van der Waals surface area (Å²) in [6.45, 7) is 0.767. The maximum atomic E-state index is 12.0. The normalized spacial score (nSPS) is 10.2. The van der Waals surface area contributed by atoms with Gasteiger partial charge in [-0.05, 0) is 30.2 Å². The lowest BCUT2D eigenvalue weighted by Crippen LogP contribution is -2.21. The predicted molar refractivity (Wildman–Crippen MR) is 88.1 cm³/mol. The van der Waals surface area contributed by atoms with Crippen molar-refractivity contribution < 1.29 is 4.79 Å². The van der Waals surface area contributed by atoms with Crippen LogP contribution in [0.25, 0.3) is 0 Å². The number of amides is 1. The lowest BCUT2D eigenvalue weighted by Gasteiger charge is -2.13. The Hall–Kier alpha value is -2.00. The third kappa shape index (κ3) is 4.23. The third-order valence-electron chi connectivity index (χ3n) is 3.19. The third-order valence-corrected chi connectivity index (χ3v) is 3.52. The molecule has 0 bridgehead atoms. The van der Waals surface area contributed by atoms with Gasteiger partial charge in [0.25, 0.3) is 5.91 Å². The second-order valence-corrected chi connectivity index (χ2v) is 5.46. The van der Waals surface area contributed by atoms with Crippen molar-refractivity contribution in [2.24, 2.45) is 0 Å². The molecule has 0 aromatic heterocycles. The summed E-state index contributed by atoms with van der Waals surface area (Å²) >= 11 is 6.17. The number of nitrogens with zero attached hydrogens (tertiary/aromatic N) is 1. The fourth-order valence-electron chi connectivity index (χ4n) is 2.04. The van der Waals surface area contributed by atoms with Crippen molar-refractivity contribution in [3.05, 3.63) is 64.7 Å². The van der Waals surface area contributed by atoms with Crippen LogP contribution in [0.3, 0.4) is 0 Å². The largest absolute Gasteiger partial charge is 0.383 e. The molecule has 0 aliphatic heterocycles. The number of benzene rings is 2. The first-order valence-corrected chi connectivity index (χ1v) is 7.24. The van der Waals surface area contributed by atoms with Crippen LogP contribution in [0.4, 0.5) is 5.69 Å². The molecule has 0 saturated carbocycles. The molecule has 3 nitrogen and oxygen atoms in total. The minimum atomic E-state index is -0.0298. The van der Waals surface area contributed by atoms with Crippen LogP contribution in [0.2, 0.25) is 5.02 Å². The highest BCUT2D eigenvalue weighted by Gasteiger charge is 2.10. The van der Waals surface area contributed by atoms with E-state index < -0.39 is 0 Å². The molecular formula is C17H19ClN2O. The summed E-state index contributed by atoms with van der Waals surface area (Å²) in [7, 11) is 3.47. The Morgan fingerprint density at radius 1 is 1.14 bits per heavy atom. The van der Waals surface area contributed by atoms with E-state index in [9.17, 15) is 4.79 Å². The predicted octanol–water partition coefficient (Wildman–Crippen LogP) is 3.70. The number of halogens is 1. The summed E-state index contributed by atoms with van der Waals surface area (Å²) in [6.07, 6.45) is 0.906. The van der Waals surface area contributed by atoms with Crippen molar-refractivity contribution >= 4 is 23.2 Å². The van der Waals surface area contributed by atoms with Gasteiger partial charge in [-0.1, -0.05) is 41.9 Å². The first-order valence-electron chi connectivity index (χ1n) is 6.87. The van der Waals surface area contributed by atoms with Crippen LogP contribution in [0.15, 0.2) is 48.5 Å². The van der Waals surface area contributed by atoms with E-state index in [0.29, 0.717) is 10.6 Å². The van der Waals surface area contributed by atoms with Crippen molar-refractivity contribution in [2.75, 3.05) is 26.0 Å². The second-order valence-electron chi connectivity index (χ2n) is 5.06. The van der Waals surface area contributed by atoms with Crippen molar-refractivity contribution in [1.29, 1.82) is 0 Å². The average molecular weight is 303 g/mol. The zero-order valence-corrected chi connectivity index (χ0v) is 13.0. The smallest absolute Gasteiger partial charge is 0.253 e. The van der Waals surface area contributed by atoms with Gasteiger partial charge in [0.1, 0.15) is 0 Å². The molecule has 2 rings (SSSR count). The molecule has 0 fully saturated rings. The van der Waals surface area contributed by atoms with Crippen molar-refractivity contribution in [3.63, 3.8) is 0 Å². The van der Waals surface area contributed by atoms with Gasteiger partial charge in [0.05, 0.1) is 10.7 Å². The molecular weight excluding hydrogens is 284 g/mol. The molecule has 0 heterocycles. The Morgan fingerprint density at radius 2 is 1.86 bits per heavy atom. The molecule has 0 saturated heterocycles. The number of rotatable bonds is 5. The van der Waals surface area contributed by atoms with Gasteiger partial charge in [0, 0.05) is 26.2 Å². The molecule has 4 heteroatoms. The van der Waals surface area contributed by atoms with Gasteiger partial charge in [0.2, 0.25) is 0 Å². The molecule has 110 valence electrons. The van der Waals surface area contributed by atoms with E-state index in [1.165, 1.54) is 5.56 Å². The number of nitrogens with one attached hydrogen (secondary N) is 1. The van der Waals surface area contributed by atoms with Crippen LogP contribution >= 0.6 is 11.6 Å². The van der Waals surface area contributed by atoms with E-state index in [2.05, 4.69) is 17.4 Å². The molecule has 2 aromatic rings. The van der Waals surface area contributed by atoms with Crippen LogP contribution in [0.5, 0.6) is 0 Å². The first kappa shape index (κ1) is 15.4. The second kappa shape index (κ2) is 7.14.